The van der Waals surface area contributed by atoms with Gasteiger partial charge >= 0.3 is 11.6 Å². The lowest BCUT2D eigenvalue weighted by Crippen LogP contribution is -2.18. The number of fused-ring (bicyclic) bond motifs is 1. The molecule has 23 heavy (non-hydrogen) atoms. The molecule has 5 nitrogen and oxygen atoms in total. The Balaban J connectivity index is 1.68. The summed E-state index contributed by atoms with van der Waals surface area (Å²) in [7, 11) is 0. The minimum Gasteiger partial charge on any atom is -0.482 e. The maximum Gasteiger partial charge on any atom is 0.349 e. The van der Waals surface area contributed by atoms with E-state index in [1.54, 1.807) is 24.3 Å². The first-order valence-electron chi connectivity index (χ1n) is 7.05. The molecular formula is C18H14O5. The van der Waals surface area contributed by atoms with Gasteiger partial charge in [-0.3, -0.25) is 0 Å². The standard InChI is InChI=1S/C18H14O5/c1-12-4-2-3-5-15(12)21-11-18(20)22-14-8-6-13-7-9-17(19)23-16(13)10-14/h2-10H,11H2,1H3. The number of hydrogen-bond acceptors (Lipinski definition) is 5. The van der Waals surface area contributed by atoms with E-state index in [-0.39, 0.29) is 6.61 Å². The molecule has 0 spiro atoms. The first-order chi connectivity index (χ1) is 11.1. The van der Waals surface area contributed by atoms with Crippen LogP contribution in [-0.4, -0.2) is 12.6 Å². The van der Waals surface area contributed by atoms with E-state index in [0.717, 1.165) is 10.9 Å². The van der Waals surface area contributed by atoms with Gasteiger partial charge in [0.25, 0.3) is 0 Å². The number of carbonyl (C=O) groups excluding carboxylic acids is 1. The van der Waals surface area contributed by atoms with Crippen LogP contribution in [0, 0.1) is 6.92 Å². The van der Waals surface area contributed by atoms with Gasteiger partial charge in [-0.25, -0.2) is 9.59 Å². The molecule has 2 aromatic carbocycles. The van der Waals surface area contributed by atoms with E-state index in [4.69, 9.17) is 13.9 Å². The normalized spacial score (nSPS) is 10.5. The predicted molar refractivity (Wildman–Crippen MR) is 84.8 cm³/mol. The number of rotatable bonds is 4. The first kappa shape index (κ1) is 14.8. The Kier molecular flexibility index (Phi) is 4.10. The fourth-order valence-corrected chi connectivity index (χ4v) is 2.12. The summed E-state index contributed by atoms with van der Waals surface area (Å²) in [5.74, 6) is 0.394. The number of benzene rings is 2. The number of carbonyl (C=O) groups is 1. The van der Waals surface area contributed by atoms with Gasteiger partial charge in [-0.1, -0.05) is 18.2 Å². The van der Waals surface area contributed by atoms with Crippen LogP contribution in [-0.2, 0) is 4.79 Å². The second-order valence-electron chi connectivity index (χ2n) is 4.98. The number of ether oxygens (including phenoxy) is 2. The molecule has 3 aromatic rings. The van der Waals surface area contributed by atoms with Crippen molar-refractivity contribution >= 4 is 16.9 Å². The molecule has 1 heterocycles. The van der Waals surface area contributed by atoms with Crippen molar-refractivity contribution in [3.63, 3.8) is 0 Å². The van der Waals surface area contributed by atoms with Crippen molar-refractivity contribution in [3.8, 4) is 11.5 Å². The highest BCUT2D eigenvalue weighted by molar-refractivity contribution is 5.80. The lowest BCUT2D eigenvalue weighted by molar-refractivity contribution is -0.136. The van der Waals surface area contributed by atoms with E-state index >= 15 is 0 Å². The summed E-state index contributed by atoms with van der Waals surface area (Å²) < 4.78 is 15.7. The van der Waals surface area contributed by atoms with Crippen LogP contribution in [0.5, 0.6) is 11.5 Å². The number of esters is 1. The highest BCUT2D eigenvalue weighted by Gasteiger charge is 2.08. The Labute approximate surface area is 132 Å². The van der Waals surface area contributed by atoms with Crippen LogP contribution in [0.1, 0.15) is 5.56 Å². The lowest BCUT2D eigenvalue weighted by atomic mass is 10.2. The van der Waals surface area contributed by atoms with E-state index in [1.807, 2.05) is 25.1 Å². The molecular weight excluding hydrogens is 296 g/mol. The molecule has 0 aliphatic rings. The molecule has 0 aliphatic carbocycles. The van der Waals surface area contributed by atoms with Crippen molar-refractivity contribution in [2.75, 3.05) is 6.61 Å². The van der Waals surface area contributed by atoms with Gasteiger partial charge in [0, 0.05) is 17.5 Å². The summed E-state index contributed by atoms with van der Waals surface area (Å²) in [6, 6.07) is 15.2. The number of para-hydroxylation sites is 1. The summed E-state index contributed by atoms with van der Waals surface area (Å²) in [6.07, 6.45) is 0. The molecule has 0 amide bonds. The van der Waals surface area contributed by atoms with Crippen molar-refractivity contribution in [3.05, 3.63) is 70.6 Å². The average molecular weight is 310 g/mol. The van der Waals surface area contributed by atoms with Crippen LogP contribution >= 0.6 is 0 Å². The number of aryl methyl sites for hydroxylation is 1. The Morgan fingerprint density at radius 3 is 2.70 bits per heavy atom. The minimum atomic E-state index is -0.536. The molecule has 0 fully saturated rings. The van der Waals surface area contributed by atoms with Gasteiger partial charge in [0.2, 0.25) is 0 Å². The molecule has 0 unspecified atom stereocenters. The second-order valence-corrected chi connectivity index (χ2v) is 4.98. The van der Waals surface area contributed by atoms with Crippen molar-refractivity contribution in [2.45, 2.75) is 6.92 Å². The molecule has 0 saturated carbocycles. The molecule has 3 rings (SSSR count). The van der Waals surface area contributed by atoms with Gasteiger partial charge in [-0.15, -0.1) is 0 Å². The van der Waals surface area contributed by atoms with E-state index in [1.165, 1.54) is 12.1 Å². The molecule has 0 atom stereocenters. The number of hydrogen-bond donors (Lipinski definition) is 0. The van der Waals surface area contributed by atoms with Crippen molar-refractivity contribution in [1.82, 2.24) is 0 Å². The zero-order valence-corrected chi connectivity index (χ0v) is 12.4. The summed E-state index contributed by atoms with van der Waals surface area (Å²) in [5.41, 5.74) is 0.847. The fourth-order valence-electron chi connectivity index (χ4n) is 2.12. The van der Waals surface area contributed by atoms with Gasteiger partial charge in [0.1, 0.15) is 17.1 Å². The topological polar surface area (TPSA) is 65.7 Å². The van der Waals surface area contributed by atoms with Gasteiger partial charge in [0.05, 0.1) is 0 Å². The minimum absolute atomic E-state index is 0.207. The second kappa shape index (κ2) is 6.36. The molecule has 0 aliphatic heterocycles. The van der Waals surface area contributed by atoms with Crippen molar-refractivity contribution < 1.29 is 18.7 Å². The first-order valence-corrected chi connectivity index (χ1v) is 7.05. The van der Waals surface area contributed by atoms with Crippen LogP contribution in [0.3, 0.4) is 0 Å². The van der Waals surface area contributed by atoms with Crippen LogP contribution in [0.4, 0.5) is 0 Å². The van der Waals surface area contributed by atoms with Gasteiger partial charge in [-0.2, -0.15) is 0 Å². The summed E-state index contributed by atoms with van der Waals surface area (Å²) >= 11 is 0. The van der Waals surface area contributed by atoms with E-state index < -0.39 is 11.6 Å². The summed E-state index contributed by atoms with van der Waals surface area (Å²) in [4.78, 5) is 23.1. The third-order valence-electron chi connectivity index (χ3n) is 3.27. The van der Waals surface area contributed by atoms with Gasteiger partial charge in [-0.05, 0) is 36.8 Å². The molecule has 116 valence electrons. The summed E-state index contributed by atoms with van der Waals surface area (Å²) in [5, 5.41) is 0.751. The molecule has 0 bridgehead atoms. The predicted octanol–water partition coefficient (Wildman–Crippen LogP) is 3.09. The van der Waals surface area contributed by atoms with Crippen LogP contribution < -0.4 is 15.1 Å². The van der Waals surface area contributed by atoms with Crippen LogP contribution in [0.25, 0.3) is 11.0 Å². The fraction of sp³-hybridized carbons (Fsp3) is 0.111. The van der Waals surface area contributed by atoms with Gasteiger partial charge < -0.3 is 13.9 Å². The Morgan fingerprint density at radius 1 is 1.09 bits per heavy atom. The van der Waals surface area contributed by atoms with E-state index in [0.29, 0.717) is 17.1 Å². The Bertz CT molecular complexity index is 910. The third kappa shape index (κ3) is 3.58. The molecule has 0 N–H and O–H groups in total. The molecule has 5 heteroatoms. The molecule has 1 aromatic heterocycles. The smallest absolute Gasteiger partial charge is 0.349 e. The summed E-state index contributed by atoms with van der Waals surface area (Å²) in [6.45, 7) is 1.69. The monoisotopic (exact) mass is 310 g/mol. The Morgan fingerprint density at radius 2 is 1.87 bits per heavy atom. The van der Waals surface area contributed by atoms with Gasteiger partial charge in [0.15, 0.2) is 6.61 Å². The zero-order chi connectivity index (χ0) is 16.2. The van der Waals surface area contributed by atoms with Crippen LogP contribution in [0.15, 0.2) is 63.8 Å². The Hall–Kier alpha value is -3.08. The van der Waals surface area contributed by atoms with Crippen molar-refractivity contribution in [1.29, 1.82) is 0 Å². The quantitative estimate of drug-likeness (QED) is 0.421. The average Bonchev–Trinajstić information content (AvgIpc) is 2.54. The molecule has 0 radical (unpaired) electrons. The maximum absolute atomic E-state index is 11.9. The highest BCUT2D eigenvalue weighted by atomic mass is 16.6. The SMILES string of the molecule is Cc1ccccc1OCC(=O)Oc1ccc2ccc(=O)oc2c1. The maximum atomic E-state index is 11.9. The molecule has 0 saturated heterocycles. The van der Waals surface area contributed by atoms with E-state index in [2.05, 4.69) is 0 Å². The van der Waals surface area contributed by atoms with E-state index in [9.17, 15) is 9.59 Å². The zero-order valence-electron chi connectivity index (χ0n) is 12.4. The highest BCUT2D eigenvalue weighted by Crippen LogP contribution is 2.20. The third-order valence-corrected chi connectivity index (χ3v) is 3.27. The van der Waals surface area contributed by atoms with Crippen LogP contribution in [0.2, 0.25) is 0 Å². The largest absolute Gasteiger partial charge is 0.482 e. The lowest BCUT2D eigenvalue weighted by Gasteiger charge is -2.09. The van der Waals surface area contributed by atoms with Crippen molar-refractivity contribution in [2.24, 2.45) is 0 Å².